The molecule has 17 heavy (non-hydrogen) atoms. The highest BCUT2D eigenvalue weighted by molar-refractivity contribution is 7.89. The van der Waals surface area contributed by atoms with Gasteiger partial charge >= 0.3 is 0 Å². The molecule has 96 valence electrons. The van der Waals surface area contributed by atoms with Crippen LogP contribution in [0.15, 0.2) is 12.2 Å². The molecule has 0 radical (unpaired) electrons. The summed E-state index contributed by atoms with van der Waals surface area (Å²) in [5, 5.41) is 7.65. The highest BCUT2D eigenvalue weighted by atomic mass is 32.2. The van der Waals surface area contributed by atoms with Crippen LogP contribution in [0.25, 0.3) is 0 Å². The smallest absolute Gasteiger partial charge is 0.243 e. The number of likely N-dealkylation sites (tertiary alicyclic amines) is 1. The topological polar surface area (TPSA) is 92.5 Å². The van der Waals surface area contributed by atoms with E-state index in [2.05, 4.69) is 5.32 Å². The van der Waals surface area contributed by atoms with Crippen molar-refractivity contribution in [2.24, 2.45) is 5.14 Å². The van der Waals surface area contributed by atoms with E-state index in [0.717, 1.165) is 0 Å². The largest absolute Gasteiger partial charge is 0.341 e. The number of nitrogens with one attached hydrogen (secondary N) is 1. The molecule has 0 spiro atoms. The molecule has 0 aromatic rings. The van der Waals surface area contributed by atoms with Crippen LogP contribution in [0.2, 0.25) is 0 Å². The van der Waals surface area contributed by atoms with Crippen LogP contribution in [-0.4, -0.2) is 50.2 Å². The molecule has 3 N–H and O–H groups in total. The summed E-state index contributed by atoms with van der Waals surface area (Å²) in [6, 6.07) is -0.249. The van der Waals surface area contributed by atoms with Gasteiger partial charge in [-0.2, -0.15) is 0 Å². The molecule has 1 unspecified atom stereocenters. The van der Waals surface area contributed by atoms with E-state index in [-0.39, 0.29) is 11.9 Å². The Balaban J connectivity index is 1.91. The van der Waals surface area contributed by atoms with E-state index in [1.165, 1.54) is 0 Å². The van der Waals surface area contributed by atoms with Crippen LogP contribution < -0.4 is 10.5 Å². The Morgan fingerprint density at radius 3 is 2.47 bits per heavy atom. The lowest BCUT2D eigenvalue weighted by Crippen LogP contribution is -2.49. The van der Waals surface area contributed by atoms with E-state index < -0.39 is 15.3 Å². The summed E-state index contributed by atoms with van der Waals surface area (Å²) in [4.78, 5) is 13.7. The first-order valence-corrected chi connectivity index (χ1v) is 7.30. The normalized spacial score (nSPS) is 26.4. The number of carbonyl (C=O) groups excluding carboxylic acids is 1. The molecule has 0 aromatic carbocycles. The molecule has 0 aromatic heterocycles. The maximum absolute atomic E-state index is 12.0. The summed E-state index contributed by atoms with van der Waals surface area (Å²) in [6.45, 7) is 1.64. The first-order valence-electron chi connectivity index (χ1n) is 5.69. The summed E-state index contributed by atoms with van der Waals surface area (Å²) in [7, 11) is -3.46. The van der Waals surface area contributed by atoms with Gasteiger partial charge in [0.1, 0.15) is 6.04 Å². The van der Waals surface area contributed by atoms with Crippen LogP contribution in [0.4, 0.5) is 0 Å². The molecular weight excluding hydrogens is 242 g/mol. The Bertz CT molecular complexity index is 424. The number of rotatable bonds is 2. The summed E-state index contributed by atoms with van der Waals surface area (Å²) < 4.78 is 22.3. The maximum Gasteiger partial charge on any atom is 0.243 e. The second-order valence-electron chi connectivity index (χ2n) is 4.43. The fourth-order valence-corrected chi connectivity index (χ4v) is 3.11. The van der Waals surface area contributed by atoms with Crippen molar-refractivity contribution in [1.29, 1.82) is 0 Å². The van der Waals surface area contributed by atoms with E-state index in [4.69, 9.17) is 5.14 Å². The number of piperidine rings is 1. The van der Waals surface area contributed by atoms with Gasteiger partial charge in [0.2, 0.25) is 15.9 Å². The molecule has 0 bridgehead atoms. The molecule has 1 saturated heterocycles. The first kappa shape index (κ1) is 12.5. The van der Waals surface area contributed by atoms with Crippen LogP contribution in [0.1, 0.15) is 12.8 Å². The minimum Gasteiger partial charge on any atom is -0.341 e. The predicted octanol–water partition coefficient (Wildman–Crippen LogP) is -1.21. The minimum atomic E-state index is -3.46. The fraction of sp³-hybridized carbons (Fsp3) is 0.700. The molecule has 0 saturated carbocycles. The predicted molar refractivity (Wildman–Crippen MR) is 63.6 cm³/mol. The Morgan fingerprint density at radius 2 is 2.00 bits per heavy atom. The van der Waals surface area contributed by atoms with Crippen LogP contribution in [0.3, 0.4) is 0 Å². The Kier molecular flexibility index (Phi) is 3.50. The zero-order chi connectivity index (χ0) is 12.5. The van der Waals surface area contributed by atoms with E-state index >= 15 is 0 Å². The van der Waals surface area contributed by atoms with Crippen molar-refractivity contribution in [3.05, 3.63) is 12.2 Å². The SMILES string of the molecule is NS(=O)(=O)C1CCN(C(=O)C2C=CCN2)CC1. The van der Waals surface area contributed by atoms with Crippen LogP contribution in [0, 0.1) is 0 Å². The van der Waals surface area contributed by atoms with Crippen LogP contribution in [0.5, 0.6) is 0 Å². The third-order valence-electron chi connectivity index (χ3n) is 3.27. The van der Waals surface area contributed by atoms with Gasteiger partial charge in [-0.25, -0.2) is 13.6 Å². The molecule has 2 aliphatic heterocycles. The minimum absolute atomic E-state index is 0.0200. The number of nitrogens with two attached hydrogens (primary N) is 1. The molecule has 6 nitrogen and oxygen atoms in total. The van der Waals surface area contributed by atoms with E-state index in [0.29, 0.717) is 32.5 Å². The zero-order valence-corrected chi connectivity index (χ0v) is 10.3. The molecule has 2 aliphatic rings. The van der Waals surface area contributed by atoms with Crippen molar-refractivity contribution >= 4 is 15.9 Å². The van der Waals surface area contributed by atoms with Crippen LogP contribution in [-0.2, 0) is 14.8 Å². The lowest BCUT2D eigenvalue weighted by atomic mass is 10.1. The van der Waals surface area contributed by atoms with Crippen molar-refractivity contribution < 1.29 is 13.2 Å². The van der Waals surface area contributed by atoms with Gasteiger partial charge in [0.05, 0.1) is 5.25 Å². The number of sulfonamides is 1. The number of hydrogen-bond donors (Lipinski definition) is 2. The van der Waals surface area contributed by atoms with Gasteiger partial charge in [0, 0.05) is 19.6 Å². The maximum atomic E-state index is 12.0. The number of amides is 1. The van der Waals surface area contributed by atoms with Gasteiger partial charge in [0.25, 0.3) is 0 Å². The molecule has 1 atom stereocenters. The molecule has 7 heteroatoms. The number of hydrogen-bond acceptors (Lipinski definition) is 4. The van der Waals surface area contributed by atoms with Gasteiger partial charge in [-0.05, 0) is 12.8 Å². The molecule has 1 amide bonds. The second kappa shape index (κ2) is 4.75. The third-order valence-corrected chi connectivity index (χ3v) is 4.67. The average molecular weight is 259 g/mol. The lowest BCUT2D eigenvalue weighted by molar-refractivity contribution is -0.132. The third kappa shape index (κ3) is 2.85. The standard InChI is InChI=1S/C10H17N3O3S/c11-17(15,16)8-3-6-13(7-4-8)10(14)9-2-1-5-12-9/h1-2,8-9,12H,3-7H2,(H2,11,15,16). The first-order chi connectivity index (χ1) is 7.98. The Hall–Kier alpha value is -0.920. The molecule has 2 rings (SSSR count). The molecular formula is C10H17N3O3S. The van der Waals surface area contributed by atoms with Gasteiger partial charge in [-0.15, -0.1) is 0 Å². The Morgan fingerprint density at radius 1 is 1.35 bits per heavy atom. The fourth-order valence-electron chi connectivity index (χ4n) is 2.24. The van der Waals surface area contributed by atoms with Crippen molar-refractivity contribution in [3.63, 3.8) is 0 Å². The van der Waals surface area contributed by atoms with Crippen molar-refractivity contribution in [3.8, 4) is 0 Å². The Labute approximate surface area is 101 Å². The second-order valence-corrected chi connectivity index (χ2v) is 6.27. The number of primary sulfonamides is 1. The van der Waals surface area contributed by atoms with E-state index in [1.54, 1.807) is 4.90 Å². The quantitative estimate of drug-likeness (QED) is 0.609. The molecule has 0 aliphatic carbocycles. The van der Waals surface area contributed by atoms with E-state index in [1.807, 2.05) is 12.2 Å². The monoisotopic (exact) mass is 259 g/mol. The zero-order valence-electron chi connectivity index (χ0n) is 9.50. The summed E-state index contributed by atoms with van der Waals surface area (Å²) in [5.41, 5.74) is 0. The van der Waals surface area contributed by atoms with Gasteiger partial charge in [-0.3, -0.25) is 10.1 Å². The average Bonchev–Trinajstić information content (AvgIpc) is 2.80. The highest BCUT2D eigenvalue weighted by Gasteiger charge is 2.31. The molecule has 2 heterocycles. The van der Waals surface area contributed by atoms with Crippen LogP contribution >= 0.6 is 0 Å². The van der Waals surface area contributed by atoms with Gasteiger partial charge in [0.15, 0.2) is 0 Å². The number of nitrogens with zero attached hydrogens (tertiary/aromatic N) is 1. The van der Waals surface area contributed by atoms with Crippen molar-refractivity contribution in [2.75, 3.05) is 19.6 Å². The molecule has 1 fully saturated rings. The summed E-state index contributed by atoms with van der Waals surface area (Å²) in [5.74, 6) is 0.0200. The van der Waals surface area contributed by atoms with Gasteiger partial charge in [-0.1, -0.05) is 12.2 Å². The summed E-state index contributed by atoms with van der Waals surface area (Å²) >= 11 is 0. The highest BCUT2D eigenvalue weighted by Crippen LogP contribution is 2.17. The van der Waals surface area contributed by atoms with Crippen molar-refractivity contribution in [1.82, 2.24) is 10.2 Å². The van der Waals surface area contributed by atoms with Crippen molar-refractivity contribution in [2.45, 2.75) is 24.1 Å². The van der Waals surface area contributed by atoms with E-state index in [9.17, 15) is 13.2 Å². The summed E-state index contributed by atoms with van der Waals surface area (Å²) in [6.07, 6.45) is 4.62. The lowest BCUT2D eigenvalue weighted by Gasteiger charge is -2.32. The number of carbonyl (C=O) groups is 1. The van der Waals surface area contributed by atoms with Gasteiger partial charge < -0.3 is 4.90 Å².